The number of ether oxygens (including phenoxy) is 2. The SMILES string of the molecule is COc1ccc(CN(C)C(=O)c2ccc(SC)cc2)cc1OC. The molecule has 4 nitrogen and oxygen atoms in total. The Labute approximate surface area is 141 Å². The average molecular weight is 331 g/mol. The van der Waals surface area contributed by atoms with E-state index in [4.69, 9.17) is 9.47 Å². The highest BCUT2D eigenvalue weighted by Gasteiger charge is 2.13. The molecule has 1 amide bonds. The van der Waals surface area contributed by atoms with Gasteiger partial charge >= 0.3 is 0 Å². The first-order valence-corrected chi connectivity index (χ1v) is 8.42. The van der Waals surface area contributed by atoms with E-state index < -0.39 is 0 Å². The average Bonchev–Trinajstić information content (AvgIpc) is 2.60. The second-order valence-electron chi connectivity index (χ2n) is 5.08. The van der Waals surface area contributed by atoms with Crippen molar-refractivity contribution in [3.63, 3.8) is 0 Å². The van der Waals surface area contributed by atoms with Gasteiger partial charge in [0.2, 0.25) is 0 Å². The molecule has 0 atom stereocenters. The van der Waals surface area contributed by atoms with Gasteiger partial charge in [-0.3, -0.25) is 4.79 Å². The molecule has 0 fully saturated rings. The van der Waals surface area contributed by atoms with Crippen LogP contribution in [0, 0.1) is 0 Å². The van der Waals surface area contributed by atoms with E-state index in [-0.39, 0.29) is 5.91 Å². The van der Waals surface area contributed by atoms with Crippen LogP contribution < -0.4 is 9.47 Å². The molecule has 0 radical (unpaired) electrons. The molecule has 0 N–H and O–H groups in total. The molecule has 122 valence electrons. The zero-order valence-corrected chi connectivity index (χ0v) is 14.6. The molecule has 0 aliphatic carbocycles. The Morgan fingerprint density at radius 3 is 2.26 bits per heavy atom. The van der Waals surface area contributed by atoms with Gasteiger partial charge in [0, 0.05) is 24.1 Å². The Morgan fingerprint density at radius 1 is 1.04 bits per heavy atom. The first kappa shape index (κ1) is 17.2. The summed E-state index contributed by atoms with van der Waals surface area (Å²) in [4.78, 5) is 15.3. The summed E-state index contributed by atoms with van der Waals surface area (Å²) in [6.45, 7) is 0.503. The van der Waals surface area contributed by atoms with Crippen molar-refractivity contribution in [2.75, 3.05) is 27.5 Å². The minimum Gasteiger partial charge on any atom is -0.493 e. The van der Waals surface area contributed by atoms with Gasteiger partial charge in [-0.25, -0.2) is 0 Å². The number of benzene rings is 2. The predicted octanol–water partition coefficient (Wildman–Crippen LogP) is 3.70. The minimum atomic E-state index is -0.00700. The summed E-state index contributed by atoms with van der Waals surface area (Å²) in [5, 5.41) is 0. The second-order valence-corrected chi connectivity index (χ2v) is 5.96. The van der Waals surface area contributed by atoms with Crippen molar-refractivity contribution in [3.8, 4) is 11.5 Å². The zero-order valence-electron chi connectivity index (χ0n) is 13.8. The number of thioether (sulfide) groups is 1. The van der Waals surface area contributed by atoms with Crippen LogP contribution in [0.25, 0.3) is 0 Å². The fraction of sp³-hybridized carbons (Fsp3) is 0.278. The molecule has 0 aromatic heterocycles. The third-order valence-corrected chi connectivity index (χ3v) is 4.29. The third-order valence-electron chi connectivity index (χ3n) is 3.55. The van der Waals surface area contributed by atoms with Crippen LogP contribution in [0.2, 0.25) is 0 Å². The maximum atomic E-state index is 12.5. The second kappa shape index (κ2) is 7.92. The molecule has 0 bridgehead atoms. The molecule has 2 aromatic carbocycles. The van der Waals surface area contributed by atoms with Crippen LogP contribution in [-0.4, -0.2) is 38.3 Å². The number of methoxy groups -OCH3 is 2. The number of carbonyl (C=O) groups is 1. The van der Waals surface area contributed by atoms with E-state index in [1.165, 1.54) is 0 Å². The monoisotopic (exact) mass is 331 g/mol. The quantitative estimate of drug-likeness (QED) is 0.757. The van der Waals surface area contributed by atoms with E-state index in [0.717, 1.165) is 10.5 Å². The molecule has 0 aliphatic rings. The van der Waals surface area contributed by atoms with Gasteiger partial charge in [0.05, 0.1) is 14.2 Å². The summed E-state index contributed by atoms with van der Waals surface area (Å²) >= 11 is 1.66. The summed E-state index contributed by atoms with van der Waals surface area (Å²) in [5.41, 5.74) is 1.67. The minimum absolute atomic E-state index is 0.00700. The molecule has 0 unspecified atom stereocenters. The van der Waals surface area contributed by atoms with Gasteiger partial charge in [-0.15, -0.1) is 11.8 Å². The van der Waals surface area contributed by atoms with Crippen molar-refractivity contribution in [2.45, 2.75) is 11.4 Å². The Bertz CT molecular complexity index is 670. The topological polar surface area (TPSA) is 38.8 Å². The summed E-state index contributed by atoms with van der Waals surface area (Å²) in [7, 11) is 5.00. The van der Waals surface area contributed by atoms with Crippen LogP contribution >= 0.6 is 11.8 Å². The largest absolute Gasteiger partial charge is 0.493 e. The standard InChI is InChI=1S/C18H21NO3S/c1-19(18(20)14-6-8-15(23-4)9-7-14)12-13-5-10-16(21-2)17(11-13)22-3/h5-11H,12H2,1-4H3. The maximum absolute atomic E-state index is 12.5. The van der Waals surface area contributed by atoms with Crippen LogP contribution in [0.1, 0.15) is 15.9 Å². The molecule has 5 heteroatoms. The van der Waals surface area contributed by atoms with Gasteiger partial charge in [-0.05, 0) is 48.2 Å². The Balaban J connectivity index is 2.11. The van der Waals surface area contributed by atoms with Gasteiger partial charge in [0.1, 0.15) is 0 Å². The molecular weight excluding hydrogens is 310 g/mol. The van der Waals surface area contributed by atoms with E-state index in [0.29, 0.717) is 23.6 Å². The number of nitrogens with zero attached hydrogens (tertiary/aromatic N) is 1. The van der Waals surface area contributed by atoms with Crippen molar-refractivity contribution in [3.05, 3.63) is 53.6 Å². The van der Waals surface area contributed by atoms with Gasteiger partial charge in [0.15, 0.2) is 11.5 Å². The Morgan fingerprint density at radius 2 is 1.70 bits per heavy atom. The molecule has 23 heavy (non-hydrogen) atoms. The highest BCUT2D eigenvalue weighted by molar-refractivity contribution is 7.98. The van der Waals surface area contributed by atoms with E-state index >= 15 is 0 Å². The van der Waals surface area contributed by atoms with E-state index in [1.807, 2.05) is 48.7 Å². The lowest BCUT2D eigenvalue weighted by Gasteiger charge is -2.18. The van der Waals surface area contributed by atoms with Crippen LogP contribution in [0.15, 0.2) is 47.4 Å². The highest BCUT2D eigenvalue weighted by Crippen LogP contribution is 2.28. The molecular formula is C18H21NO3S. The lowest BCUT2D eigenvalue weighted by atomic mass is 10.1. The fourth-order valence-corrected chi connectivity index (χ4v) is 2.69. The summed E-state index contributed by atoms with van der Waals surface area (Å²) in [6, 6.07) is 13.3. The first-order chi connectivity index (χ1) is 11.1. The highest BCUT2D eigenvalue weighted by atomic mass is 32.2. The first-order valence-electron chi connectivity index (χ1n) is 7.19. The molecule has 0 saturated carbocycles. The van der Waals surface area contributed by atoms with E-state index in [1.54, 1.807) is 37.9 Å². The fourth-order valence-electron chi connectivity index (χ4n) is 2.28. The van der Waals surface area contributed by atoms with Crippen LogP contribution in [0.4, 0.5) is 0 Å². The molecule has 2 rings (SSSR count). The molecule has 0 saturated heterocycles. The number of hydrogen-bond acceptors (Lipinski definition) is 4. The van der Waals surface area contributed by atoms with Crippen molar-refractivity contribution in [1.29, 1.82) is 0 Å². The number of carbonyl (C=O) groups excluding carboxylic acids is 1. The number of amides is 1. The van der Waals surface area contributed by atoms with Crippen molar-refractivity contribution >= 4 is 17.7 Å². The molecule has 0 heterocycles. The van der Waals surface area contributed by atoms with Crippen LogP contribution in [-0.2, 0) is 6.54 Å². The van der Waals surface area contributed by atoms with E-state index in [2.05, 4.69) is 0 Å². The Hall–Kier alpha value is -2.14. The van der Waals surface area contributed by atoms with Crippen LogP contribution in [0.5, 0.6) is 11.5 Å². The number of hydrogen-bond donors (Lipinski definition) is 0. The lowest BCUT2D eigenvalue weighted by Crippen LogP contribution is -2.26. The van der Waals surface area contributed by atoms with Gasteiger partial charge in [-0.2, -0.15) is 0 Å². The Kier molecular flexibility index (Phi) is 5.93. The smallest absolute Gasteiger partial charge is 0.253 e. The summed E-state index contributed by atoms with van der Waals surface area (Å²) in [5.74, 6) is 1.33. The summed E-state index contributed by atoms with van der Waals surface area (Å²) < 4.78 is 10.5. The molecule has 0 spiro atoms. The van der Waals surface area contributed by atoms with Gasteiger partial charge in [0.25, 0.3) is 5.91 Å². The zero-order chi connectivity index (χ0) is 16.8. The van der Waals surface area contributed by atoms with Crippen LogP contribution in [0.3, 0.4) is 0 Å². The van der Waals surface area contributed by atoms with Gasteiger partial charge in [-0.1, -0.05) is 6.07 Å². The molecule has 2 aromatic rings. The number of rotatable bonds is 6. The predicted molar refractivity (Wildman–Crippen MR) is 93.6 cm³/mol. The van der Waals surface area contributed by atoms with Crippen molar-refractivity contribution < 1.29 is 14.3 Å². The third kappa shape index (κ3) is 4.20. The van der Waals surface area contributed by atoms with Crippen molar-refractivity contribution in [2.24, 2.45) is 0 Å². The van der Waals surface area contributed by atoms with Crippen molar-refractivity contribution in [1.82, 2.24) is 4.90 Å². The summed E-state index contributed by atoms with van der Waals surface area (Å²) in [6.07, 6.45) is 2.01. The normalized spacial score (nSPS) is 10.3. The maximum Gasteiger partial charge on any atom is 0.253 e. The lowest BCUT2D eigenvalue weighted by molar-refractivity contribution is 0.0785. The van der Waals surface area contributed by atoms with Gasteiger partial charge < -0.3 is 14.4 Å². The van der Waals surface area contributed by atoms with E-state index in [9.17, 15) is 4.79 Å². The molecule has 0 aliphatic heterocycles.